The Kier molecular flexibility index (Phi) is 5.90. The smallest absolute Gasteiger partial charge is 0.254 e. The maximum absolute atomic E-state index is 13.1. The number of pyridine rings is 1. The third-order valence-corrected chi connectivity index (χ3v) is 5.14. The van der Waals surface area contributed by atoms with Gasteiger partial charge in [-0.15, -0.1) is 0 Å². The molecule has 0 spiro atoms. The fourth-order valence-electron chi connectivity index (χ4n) is 3.51. The van der Waals surface area contributed by atoms with E-state index in [1.54, 1.807) is 18.3 Å². The summed E-state index contributed by atoms with van der Waals surface area (Å²) in [5, 5.41) is 0. The van der Waals surface area contributed by atoms with E-state index < -0.39 is 5.91 Å². The van der Waals surface area contributed by atoms with Crippen LogP contribution in [-0.2, 0) is 6.54 Å². The molecule has 1 saturated heterocycles. The Morgan fingerprint density at radius 1 is 1.00 bits per heavy atom. The maximum Gasteiger partial charge on any atom is 0.254 e. The summed E-state index contributed by atoms with van der Waals surface area (Å²) in [7, 11) is 0. The van der Waals surface area contributed by atoms with Gasteiger partial charge in [-0.2, -0.15) is 0 Å². The normalized spacial score (nSPS) is 14.5. The fraction of sp³-hybridized carbons (Fsp3) is 0.217. The number of anilines is 1. The van der Waals surface area contributed by atoms with E-state index in [0.717, 1.165) is 38.4 Å². The standard InChI is InChI=1S/C23H23FN4O2/c24-18-5-7-19(8-6-18)28-14-12-27(13-15-28)16-17-3-9-20(10-4-17)30-23-21(22(25)29)2-1-11-26-23/h1-11H,12-16H2,(H2,25,29). The average Bonchev–Trinajstić information content (AvgIpc) is 2.76. The highest BCUT2D eigenvalue weighted by Crippen LogP contribution is 2.24. The lowest BCUT2D eigenvalue weighted by Crippen LogP contribution is -2.45. The molecule has 2 N–H and O–H groups in total. The number of nitrogens with two attached hydrogens (primary N) is 1. The van der Waals surface area contributed by atoms with Crippen molar-refractivity contribution in [2.24, 2.45) is 5.73 Å². The van der Waals surface area contributed by atoms with Crippen molar-refractivity contribution in [1.82, 2.24) is 9.88 Å². The van der Waals surface area contributed by atoms with E-state index in [2.05, 4.69) is 14.8 Å². The first-order chi connectivity index (χ1) is 14.6. The fourth-order valence-corrected chi connectivity index (χ4v) is 3.51. The Morgan fingerprint density at radius 3 is 2.37 bits per heavy atom. The average molecular weight is 406 g/mol. The number of benzene rings is 2. The number of hydrogen-bond acceptors (Lipinski definition) is 5. The summed E-state index contributed by atoms with van der Waals surface area (Å²) in [6.45, 7) is 4.52. The van der Waals surface area contributed by atoms with Gasteiger partial charge in [0.1, 0.15) is 17.1 Å². The molecule has 0 saturated carbocycles. The van der Waals surface area contributed by atoms with Crippen molar-refractivity contribution in [2.75, 3.05) is 31.1 Å². The van der Waals surface area contributed by atoms with Gasteiger partial charge in [0.05, 0.1) is 0 Å². The molecule has 2 aromatic carbocycles. The second-order valence-corrected chi connectivity index (χ2v) is 7.21. The van der Waals surface area contributed by atoms with Crippen LogP contribution in [0.3, 0.4) is 0 Å². The predicted octanol–water partition coefficient (Wildman–Crippen LogP) is 3.43. The van der Waals surface area contributed by atoms with Gasteiger partial charge in [-0.3, -0.25) is 9.69 Å². The molecule has 4 rings (SSSR count). The third kappa shape index (κ3) is 4.75. The van der Waals surface area contributed by atoms with Crippen LogP contribution in [0, 0.1) is 5.82 Å². The largest absolute Gasteiger partial charge is 0.438 e. The number of amides is 1. The molecule has 6 nitrogen and oxygen atoms in total. The molecule has 0 unspecified atom stereocenters. The molecule has 1 fully saturated rings. The number of halogens is 1. The highest BCUT2D eigenvalue weighted by atomic mass is 19.1. The number of aromatic nitrogens is 1. The van der Waals surface area contributed by atoms with Crippen LogP contribution >= 0.6 is 0 Å². The molecule has 154 valence electrons. The summed E-state index contributed by atoms with van der Waals surface area (Å²) < 4.78 is 18.8. The Bertz CT molecular complexity index is 1000. The van der Waals surface area contributed by atoms with E-state index in [-0.39, 0.29) is 17.3 Å². The van der Waals surface area contributed by atoms with Crippen molar-refractivity contribution >= 4 is 11.6 Å². The number of primary amides is 1. The van der Waals surface area contributed by atoms with Crippen molar-refractivity contribution in [2.45, 2.75) is 6.54 Å². The van der Waals surface area contributed by atoms with Crippen molar-refractivity contribution in [3.63, 3.8) is 0 Å². The highest BCUT2D eigenvalue weighted by Gasteiger charge is 2.17. The Balaban J connectivity index is 1.32. The van der Waals surface area contributed by atoms with Crippen molar-refractivity contribution < 1.29 is 13.9 Å². The molecule has 3 aromatic rings. The molecule has 2 heterocycles. The molecule has 1 aliphatic rings. The molecule has 1 aromatic heterocycles. The second kappa shape index (κ2) is 8.92. The van der Waals surface area contributed by atoms with Crippen molar-refractivity contribution in [3.05, 3.63) is 83.8 Å². The zero-order chi connectivity index (χ0) is 20.9. The van der Waals surface area contributed by atoms with Crippen molar-refractivity contribution in [3.8, 4) is 11.6 Å². The number of rotatable bonds is 6. The number of carbonyl (C=O) groups excluding carboxylic acids is 1. The third-order valence-electron chi connectivity index (χ3n) is 5.14. The lowest BCUT2D eigenvalue weighted by atomic mass is 10.1. The molecule has 0 atom stereocenters. The summed E-state index contributed by atoms with van der Waals surface area (Å²) in [5.74, 6) is 0.0175. The number of piperazine rings is 1. The molecule has 1 aliphatic heterocycles. The lowest BCUT2D eigenvalue weighted by molar-refractivity contribution is 0.0997. The van der Waals surface area contributed by atoms with E-state index in [0.29, 0.717) is 5.75 Å². The summed E-state index contributed by atoms with van der Waals surface area (Å²) >= 11 is 0. The van der Waals surface area contributed by atoms with Gasteiger partial charge < -0.3 is 15.4 Å². The minimum Gasteiger partial charge on any atom is -0.438 e. The van der Waals surface area contributed by atoms with Crippen LogP contribution in [-0.4, -0.2) is 42.0 Å². The monoisotopic (exact) mass is 406 g/mol. The maximum atomic E-state index is 13.1. The minimum absolute atomic E-state index is 0.203. The van der Waals surface area contributed by atoms with Gasteiger partial charge in [0.15, 0.2) is 0 Å². The number of ether oxygens (including phenoxy) is 1. The minimum atomic E-state index is -0.575. The zero-order valence-corrected chi connectivity index (χ0v) is 16.5. The Hall–Kier alpha value is -3.45. The first-order valence-electron chi connectivity index (χ1n) is 9.83. The molecule has 0 aliphatic carbocycles. The summed E-state index contributed by atoms with van der Waals surface area (Å²) in [4.78, 5) is 20.2. The van der Waals surface area contributed by atoms with Crippen LogP contribution in [0.5, 0.6) is 11.6 Å². The van der Waals surface area contributed by atoms with Crippen molar-refractivity contribution in [1.29, 1.82) is 0 Å². The van der Waals surface area contributed by atoms with Gasteiger partial charge in [0, 0.05) is 44.6 Å². The molecule has 0 radical (unpaired) electrons. The van der Waals surface area contributed by atoms with Crippen LogP contribution in [0.15, 0.2) is 66.9 Å². The lowest BCUT2D eigenvalue weighted by Gasteiger charge is -2.36. The molecule has 0 bridgehead atoms. The molecule has 1 amide bonds. The predicted molar refractivity (Wildman–Crippen MR) is 113 cm³/mol. The SMILES string of the molecule is NC(=O)c1cccnc1Oc1ccc(CN2CCN(c3ccc(F)cc3)CC2)cc1. The summed E-state index contributed by atoms with van der Waals surface area (Å²) in [5.41, 5.74) is 7.85. The first kappa shape index (κ1) is 19.8. The van der Waals surface area contributed by atoms with Crippen LogP contribution in [0.4, 0.5) is 10.1 Å². The number of carbonyl (C=O) groups is 1. The molecular formula is C23H23FN4O2. The van der Waals surface area contributed by atoms with Gasteiger partial charge in [0.25, 0.3) is 5.91 Å². The van der Waals surface area contributed by atoms with Gasteiger partial charge in [-0.25, -0.2) is 9.37 Å². The zero-order valence-electron chi connectivity index (χ0n) is 16.5. The topological polar surface area (TPSA) is 71.7 Å². The first-order valence-corrected chi connectivity index (χ1v) is 9.83. The number of nitrogens with zero attached hydrogens (tertiary/aromatic N) is 3. The Labute approximate surface area is 174 Å². The van der Waals surface area contributed by atoms with Crippen LogP contribution < -0.4 is 15.4 Å². The van der Waals surface area contributed by atoms with E-state index in [9.17, 15) is 9.18 Å². The van der Waals surface area contributed by atoms with Gasteiger partial charge in [-0.05, 0) is 54.1 Å². The quantitative estimate of drug-likeness (QED) is 0.679. The van der Waals surface area contributed by atoms with Gasteiger partial charge >= 0.3 is 0 Å². The van der Waals surface area contributed by atoms with E-state index in [1.165, 1.54) is 17.7 Å². The van der Waals surface area contributed by atoms with Gasteiger partial charge in [0.2, 0.25) is 5.88 Å². The highest BCUT2D eigenvalue weighted by molar-refractivity contribution is 5.95. The van der Waals surface area contributed by atoms with E-state index >= 15 is 0 Å². The van der Waals surface area contributed by atoms with Crippen LogP contribution in [0.1, 0.15) is 15.9 Å². The van der Waals surface area contributed by atoms with Crippen LogP contribution in [0.25, 0.3) is 0 Å². The summed E-state index contributed by atoms with van der Waals surface area (Å²) in [6.07, 6.45) is 1.56. The second-order valence-electron chi connectivity index (χ2n) is 7.21. The molecular weight excluding hydrogens is 383 g/mol. The van der Waals surface area contributed by atoms with Crippen LogP contribution in [0.2, 0.25) is 0 Å². The molecule has 7 heteroatoms. The Morgan fingerprint density at radius 2 is 1.70 bits per heavy atom. The summed E-state index contributed by atoms with van der Waals surface area (Å²) in [6, 6.07) is 17.6. The molecule has 30 heavy (non-hydrogen) atoms. The van der Waals surface area contributed by atoms with E-state index in [1.807, 2.05) is 36.4 Å². The van der Waals surface area contributed by atoms with E-state index in [4.69, 9.17) is 10.5 Å². The number of hydrogen-bond donors (Lipinski definition) is 1. The van der Waals surface area contributed by atoms with Gasteiger partial charge in [-0.1, -0.05) is 12.1 Å².